The summed E-state index contributed by atoms with van der Waals surface area (Å²) in [7, 11) is 1.29. The second-order valence-corrected chi connectivity index (χ2v) is 23.8. The first-order valence-electron chi connectivity index (χ1n) is 21.1. The summed E-state index contributed by atoms with van der Waals surface area (Å²) in [6.07, 6.45) is -0.138. The molecule has 15 nitrogen and oxygen atoms in total. The average Bonchev–Trinajstić information content (AvgIpc) is 3.79. The summed E-state index contributed by atoms with van der Waals surface area (Å²) in [6.45, 7) is 17.0. The van der Waals surface area contributed by atoms with Gasteiger partial charge in [-0.1, -0.05) is 80.4 Å². The van der Waals surface area contributed by atoms with E-state index in [-0.39, 0.29) is 47.9 Å². The minimum atomic E-state index is -1.95. The van der Waals surface area contributed by atoms with E-state index >= 15 is 0 Å². The zero-order valence-corrected chi connectivity index (χ0v) is 40.6. The first-order chi connectivity index (χ1) is 30.1. The third-order valence-electron chi connectivity index (χ3n) is 11.4. The minimum Gasteiger partial charge on any atom is -0.481 e. The second kappa shape index (κ2) is 19.4. The number of pyridine rings is 1. The molecule has 0 aliphatic carbocycles. The second-order valence-electron chi connectivity index (χ2n) is 18.3. The number of ether oxygens (including phenoxy) is 3. The SMILES string of the molecule is COc1nc(-c2cccc(-c3cccc(-c4cc5nc(COC(=O)NCCO[Si](C)(C)C(C)(C)C)cc(=O)n5n4C)c3Cl)c2Cl)ccc1CN(CC1CCC(=O)N1)C(=O)OC(C)(C)C. The lowest BCUT2D eigenvalue weighted by atomic mass is 9.98. The molecule has 1 fully saturated rings. The lowest BCUT2D eigenvalue weighted by molar-refractivity contribution is -0.119. The van der Waals surface area contributed by atoms with Gasteiger partial charge in [0.15, 0.2) is 14.0 Å². The van der Waals surface area contributed by atoms with Crippen LogP contribution in [0.5, 0.6) is 5.88 Å². The van der Waals surface area contributed by atoms with Crippen LogP contribution in [0.25, 0.3) is 39.3 Å². The molecule has 1 atom stereocenters. The molecule has 0 spiro atoms. The molecule has 0 bridgehead atoms. The van der Waals surface area contributed by atoms with Crippen molar-refractivity contribution in [2.45, 2.75) is 97.3 Å². The Hall–Kier alpha value is -5.42. The quantitative estimate of drug-likeness (QED) is 0.0810. The Labute approximate surface area is 384 Å². The molecule has 5 aromatic rings. The monoisotopic (exact) mass is 933 g/mol. The number of carbonyl (C=O) groups excluding carboxylic acids is 3. The number of nitrogens with one attached hydrogen (secondary N) is 2. The van der Waals surface area contributed by atoms with E-state index in [9.17, 15) is 19.2 Å². The van der Waals surface area contributed by atoms with E-state index in [1.807, 2.05) is 48.5 Å². The van der Waals surface area contributed by atoms with E-state index in [4.69, 9.17) is 46.8 Å². The lowest BCUT2D eigenvalue weighted by Crippen LogP contribution is -2.43. The van der Waals surface area contributed by atoms with Crippen LogP contribution in [-0.4, -0.2) is 88.9 Å². The Bertz CT molecular complexity index is 2620. The van der Waals surface area contributed by atoms with Gasteiger partial charge in [0.25, 0.3) is 5.56 Å². The van der Waals surface area contributed by atoms with E-state index in [2.05, 4.69) is 49.5 Å². The van der Waals surface area contributed by atoms with Crippen LogP contribution in [-0.2, 0) is 38.9 Å². The van der Waals surface area contributed by atoms with Crippen molar-refractivity contribution in [3.63, 3.8) is 0 Å². The molecule has 0 radical (unpaired) electrons. The molecule has 0 saturated carbocycles. The summed E-state index contributed by atoms with van der Waals surface area (Å²) in [4.78, 5) is 62.2. The minimum absolute atomic E-state index is 0.0489. The third-order valence-corrected chi connectivity index (χ3v) is 16.7. The highest BCUT2D eigenvalue weighted by Gasteiger charge is 2.37. The Morgan fingerprint density at radius 1 is 0.938 bits per heavy atom. The van der Waals surface area contributed by atoms with Crippen molar-refractivity contribution in [1.29, 1.82) is 0 Å². The number of nitrogens with zero attached hydrogens (tertiary/aromatic N) is 5. The molecule has 4 heterocycles. The summed E-state index contributed by atoms with van der Waals surface area (Å²) < 4.78 is 26.0. The van der Waals surface area contributed by atoms with Crippen LogP contribution >= 0.6 is 23.2 Å². The van der Waals surface area contributed by atoms with Crippen molar-refractivity contribution < 1.29 is 33.0 Å². The van der Waals surface area contributed by atoms with Gasteiger partial charge in [-0.05, 0) is 57.5 Å². The van der Waals surface area contributed by atoms with Crippen LogP contribution in [0.2, 0.25) is 28.2 Å². The van der Waals surface area contributed by atoms with Crippen molar-refractivity contribution in [3.05, 3.63) is 92.3 Å². The molecular weight excluding hydrogens is 878 g/mol. The maximum absolute atomic E-state index is 13.4. The normalized spacial score (nSPS) is 14.4. The van der Waals surface area contributed by atoms with Crippen LogP contribution in [0, 0.1) is 0 Å². The van der Waals surface area contributed by atoms with Gasteiger partial charge in [0.1, 0.15) is 12.2 Å². The Kier molecular flexibility index (Phi) is 14.5. The number of amides is 3. The van der Waals surface area contributed by atoms with E-state index in [0.29, 0.717) is 86.8 Å². The molecule has 342 valence electrons. The highest BCUT2D eigenvalue weighted by atomic mass is 35.5. The smallest absolute Gasteiger partial charge is 0.410 e. The fourth-order valence-electron chi connectivity index (χ4n) is 7.06. The molecule has 3 aromatic heterocycles. The Morgan fingerprint density at radius 2 is 1.59 bits per heavy atom. The van der Waals surface area contributed by atoms with Crippen LogP contribution < -0.4 is 20.9 Å². The number of aromatic nitrogens is 4. The number of benzene rings is 2. The molecule has 3 amide bonds. The number of aryl methyl sites for hydroxylation is 1. The van der Waals surface area contributed by atoms with Gasteiger partial charge >= 0.3 is 12.2 Å². The number of carbonyl (C=O) groups is 3. The van der Waals surface area contributed by atoms with Gasteiger partial charge in [-0.3, -0.25) is 14.3 Å². The zero-order chi connectivity index (χ0) is 46.7. The third kappa shape index (κ3) is 11.1. The van der Waals surface area contributed by atoms with Crippen molar-refractivity contribution in [2.75, 3.05) is 26.8 Å². The first-order valence-corrected chi connectivity index (χ1v) is 24.8. The van der Waals surface area contributed by atoms with E-state index in [1.54, 1.807) is 43.5 Å². The molecule has 64 heavy (non-hydrogen) atoms. The van der Waals surface area contributed by atoms with Gasteiger partial charge in [0, 0.05) is 72.5 Å². The summed E-state index contributed by atoms with van der Waals surface area (Å²) in [5, 5.41) is 6.46. The number of fused-ring (bicyclic) bond motifs is 1. The molecular formula is C46H57Cl2N7O8Si. The van der Waals surface area contributed by atoms with Gasteiger partial charge in [0.2, 0.25) is 11.8 Å². The molecule has 1 aliphatic heterocycles. The molecule has 6 rings (SSSR count). The number of hydrogen-bond donors (Lipinski definition) is 2. The summed E-state index contributed by atoms with van der Waals surface area (Å²) >= 11 is 14.4. The Morgan fingerprint density at radius 3 is 2.22 bits per heavy atom. The zero-order valence-electron chi connectivity index (χ0n) is 38.1. The van der Waals surface area contributed by atoms with Crippen LogP contribution in [0.3, 0.4) is 0 Å². The van der Waals surface area contributed by atoms with Gasteiger partial charge in [-0.25, -0.2) is 19.6 Å². The lowest BCUT2D eigenvalue weighted by Gasteiger charge is -2.36. The molecule has 1 aliphatic rings. The predicted molar refractivity (Wildman–Crippen MR) is 250 cm³/mol. The van der Waals surface area contributed by atoms with E-state index in [0.717, 1.165) is 0 Å². The molecule has 1 unspecified atom stereocenters. The average molecular weight is 935 g/mol. The van der Waals surface area contributed by atoms with Crippen LogP contribution in [0.1, 0.15) is 65.6 Å². The summed E-state index contributed by atoms with van der Waals surface area (Å²) in [5.74, 6) is 0.246. The fourth-order valence-corrected chi connectivity index (χ4v) is 8.76. The van der Waals surface area contributed by atoms with E-state index < -0.39 is 26.1 Å². The number of halogens is 2. The topological polar surface area (TPSA) is 168 Å². The predicted octanol–water partition coefficient (Wildman–Crippen LogP) is 9.01. The van der Waals surface area contributed by atoms with Crippen molar-refractivity contribution in [1.82, 2.24) is 34.7 Å². The van der Waals surface area contributed by atoms with Crippen molar-refractivity contribution >= 4 is 55.3 Å². The van der Waals surface area contributed by atoms with E-state index in [1.165, 1.54) is 17.7 Å². The highest BCUT2D eigenvalue weighted by Crippen LogP contribution is 2.43. The van der Waals surface area contributed by atoms with Gasteiger partial charge in [-0.2, -0.15) is 4.52 Å². The fraction of sp³-hybridized carbons (Fsp3) is 0.435. The maximum Gasteiger partial charge on any atom is 0.410 e. The summed E-state index contributed by atoms with van der Waals surface area (Å²) in [6, 6.07) is 17.6. The standard InChI is InChI=1S/C46H57Cl2N7O8Si/c1-45(2,3)63-44(59)54(26-29-18-20-38(56)51-29)25-28-17-19-35(52-42(28)60-8)33-15-11-13-31(40(33)47)32-14-12-16-34(41(32)48)36-24-37-50-30(23-39(57)55(37)53(36)7)27-61-43(58)49-21-22-62-64(9,10)46(4,5)6/h11-17,19,23-24,29H,18,20-22,25-27H2,1-10H3,(H,49,58)(H,51,56). The van der Waals surface area contributed by atoms with Gasteiger partial charge in [-0.15, -0.1) is 0 Å². The number of rotatable bonds is 14. The Balaban J connectivity index is 1.21. The highest BCUT2D eigenvalue weighted by molar-refractivity contribution is 6.74. The molecule has 2 N–H and O–H groups in total. The maximum atomic E-state index is 13.4. The van der Waals surface area contributed by atoms with Gasteiger partial charge in [0.05, 0.1) is 47.4 Å². The van der Waals surface area contributed by atoms with Crippen LogP contribution in [0.15, 0.2) is 65.5 Å². The largest absolute Gasteiger partial charge is 0.481 e. The number of alkyl carbamates (subject to hydrolysis) is 1. The molecule has 1 saturated heterocycles. The molecule has 2 aromatic carbocycles. The van der Waals surface area contributed by atoms with Gasteiger partial charge < -0.3 is 34.2 Å². The van der Waals surface area contributed by atoms with Crippen molar-refractivity contribution in [2.24, 2.45) is 7.05 Å². The number of methoxy groups -OCH3 is 1. The number of hydrogen-bond acceptors (Lipinski definition) is 10. The van der Waals surface area contributed by atoms with Crippen LogP contribution in [0.4, 0.5) is 9.59 Å². The summed E-state index contributed by atoms with van der Waals surface area (Å²) in [5.41, 5.74) is 3.84. The molecule has 18 heteroatoms. The first kappa shape index (κ1) is 48.0. The van der Waals surface area contributed by atoms with Crippen molar-refractivity contribution in [3.8, 4) is 39.5 Å².